The molecule has 1 aliphatic heterocycles. The average Bonchev–Trinajstić information content (AvgIpc) is 2.63. The number of amides is 1. The molecule has 1 saturated heterocycles. The van der Waals surface area contributed by atoms with Crippen molar-refractivity contribution in [2.75, 3.05) is 31.1 Å². The van der Waals surface area contributed by atoms with E-state index in [0.29, 0.717) is 19.5 Å². The summed E-state index contributed by atoms with van der Waals surface area (Å²) in [5.41, 5.74) is 8.26. The summed E-state index contributed by atoms with van der Waals surface area (Å²) in [7, 11) is 0. The summed E-state index contributed by atoms with van der Waals surface area (Å²) < 4.78 is 0. The van der Waals surface area contributed by atoms with Crippen LogP contribution >= 0.6 is 0 Å². The summed E-state index contributed by atoms with van der Waals surface area (Å²) in [4.78, 5) is 16.6. The second-order valence-corrected chi connectivity index (χ2v) is 6.12. The summed E-state index contributed by atoms with van der Waals surface area (Å²) in [6.45, 7) is 2.88. The average molecular weight is 325 g/mol. The van der Waals surface area contributed by atoms with Crippen molar-refractivity contribution in [2.45, 2.75) is 12.5 Å². The summed E-state index contributed by atoms with van der Waals surface area (Å²) in [5.74, 6) is 0.281. The number of anilines is 1. The van der Waals surface area contributed by atoms with Crippen LogP contribution in [0.5, 0.6) is 5.75 Å². The number of carbonyl (C=O) groups is 1. The van der Waals surface area contributed by atoms with Gasteiger partial charge in [-0.05, 0) is 36.2 Å². The zero-order chi connectivity index (χ0) is 16.9. The van der Waals surface area contributed by atoms with E-state index in [9.17, 15) is 9.90 Å². The number of aromatic hydroxyl groups is 1. The van der Waals surface area contributed by atoms with Gasteiger partial charge in [0, 0.05) is 31.9 Å². The van der Waals surface area contributed by atoms with Crippen LogP contribution < -0.4 is 10.6 Å². The van der Waals surface area contributed by atoms with Gasteiger partial charge >= 0.3 is 0 Å². The molecular weight excluding hydrogens is 302 g/mol. The number of phenolic OH excluding ortho intramolecular Hbond substituents is 1. The van der Waals surface area contributed by atoms with E-state index in [1.807, 2.05) is 47.4 Å². The van der Waals surface area contributed by atoms with E-state index in [1.54, 1.807) is 12.1 Å². The molecule has 3 rings (SSSR count). The van der Waals surface area contributed by atoms with Gasteiger partial charge in [0.15, 0.2) is 0 Å². The molecule has 0 spiro atoms. The first kappa shape index (κ1) is 16.3. The van der Waals surface area contributed by atoms with E-state index in [-0.39, 0.29) is 11.7 Å². The van der Waals surface area contributed by atoms with Crippen LogP contribution in [0.25, 0.3) is 0 Å². The quantitative estimate of drug-likeness (QED) is 0.896. The summed E-state index contributed by atoms with van der Waals surface area (Å²) in [6.07, 6.45) is 0.567. The number of carbonyl (C=O) groups excluding carboxylic acids is 1. The van der Waals surface area contributed by atoms with Crippen molar-refractivity contribution in [2.24, 2.45) is 5.73 Å². The van der Waals surface area contributed by atoms with Crippen molar-refractivity contribution in [1.82, 2.24) is 4.90 Å². The third kappa shape index (κ3) is 3.86. The van der Waals surface area contributed by atoms with Crippen LogP contribution in [0.3, 0.4) is 0 Å². The normalized spacial score (nSPS) is 16.0. The molecule has 1 aliphatic rings. The number of hydrogen-bond acceptors (Lipinski definition) is 4. The van der Waals surface area contributed by atoms with Crippen LogP contribution in [0.1, 0.15) is 5.56 Å². The zero-order valence-electron chi connectivity index (χ0n) is 13.6. The molecule has 126 valence electrons. The van der Waals surface area contributed by atoms with Crippen LogP contribution in [0.15, 0.2) is 54.6 Å². The second-order valence-electron chi connectivity index (χ2n) is 6.12. The third-order valence-electron chi connectivity index (χ3n) is 4.42. The van der Waals surface area contributed by atoms with E-state index in [1.165, 1.54) is 0 Å². The number of hydrogen-bond donors (Lipinski definition) is 2. The Morgan fingerprint density at radius 2 is 1.62 bits per heavy atom. The maximum atomic E-state index is 12.5. The SMILES string of the molecule is N[C@@H](Cc1ccccc1)C(=O)N1CCN(c2ccc(O)cc2)CC1. The predicted octanol–water partition coefficient (Wildman–Crippen LogP) is 1.61. The van der Waals surface area contributed by atoms with E-state index < -0.39 is 6.04 Å². The summed E-state index contributed by atoms with van der Waals surface area (Å²) >= 11 is 0. The lowest BCUT2D eigenvalue weighted by Gasteiger charge is -2.37. The van der Waals surface area contributed by atoms with Gasteiger partial charge in [-0.1, -0.05) is 30.3 Å². The minimum atomic E-state index is -0.493. The Hall–Kier alpha value is -2.53. The highest BCUT2D eigenvalue weighted by molar-refractivity contribution is 5.82. The van der Waals surface area contributed by atoms with Gasteiger partial charge in [-0.2, -0.15) is 0 Å². The molecule has 1 atom stereocenters. The van der Waals surface area contributed by atoms with Crippen LogP contribution in [0, 0.1) is 0 Å². The van der Waals surface area contributed by atoms with Gasteiger partial charge in [-0.25, -0.2) is 0 Å². The third-order valence-corrected chi connectivity index (χ3v) is 4.42. The Kier molecular flexibility index (Phi) is 5.01. The molecule has 1 heterocycles. The molecule has 0 unspecified atom stereocenters. The van der Waals surface area contributed by atoms with E-state index in [4.69, 9.17) is 5.73 Å². The number of benzene rings is 2. The van der Waals surface area contributed by atoms with Gasteiger partial charge in [-0.3, -0.25) is 4.79 Å². The topological polar surface area (TPSA) is 69.8 Å². The van der Waals surface area contributed by atoms with Crippen molar-refractivity contribution in [3.05, 3.63) is 60.2 Å². The van der Waals surface area contributed by atoms with Crippen LogP contribution in [-0.4, -0.2) is 48.1 Å². The maximum Gasteiger partial charge on any atom is 0.239 e. The second kappa shape index (κ2) is 7.36. The van der Waals surface area contributed by atoms with Crippen LogP contribution in [0.4, 0.5) is 5.69 Å². The molecule has 0 aliphatic carbocycles. The molecule has 0 saturated carbocycles. The summed E-state index contributed by atoms with van der Waals surface area (Å²) in [6, 6.07) is 16.5. The Labute approximate surface area is 142 Å². The molecule has 0 bridgehead atoms. The van der Waals surface area contributed by atoms with Gasteiger partial charge in [-0.15, -0.1) is 0 Å². The number of nitrogens with zero attached hydrogens (tertiary/aromatic N) is 2. The van der Waals surface area contributed by atoms with Crippen molar-refractivity contribution >= 4 is 11.6 Å². The fraction of sp³-hybridized carbons (Fsp3) is 0.316. The lowest BCUT2D eigenvalue weighted by atomic mass is 10.1. The first-order chi connectivity index (χ1) is 11.6. The Morgan fingerprint density at radius 1 is 1.00 bits per heavy atom. The van der Waals surface area contributed by atoms with Crippen LogP contribution in [-0.2, 0) is 11.2 Å². The molecule has 5 nitrogen and oxygen atoms in total. The van der Waals surface area contributed by atoms with Gasteiger partial charge in [0.1, 0.15) is 5.75 Å². The molecule has 2 aromatic carbocycles. The van der Waals surface area contributed by atoms with Crippen molar-refractivity contribution < 1.29 is 9.90 Å². The highest BCUT2D eigenvalue weighted by atomic mass is 16.3. The summed E-state index contributed by atoms with van der Waals surface area (Å²) in [5, 5.41) is 9.37. The van der Waals surface area contributed by atoms with Gasteiger partial charge in [0.25, 0.3) is 0 Å². The predicted molar refractivity (Wildman–Crippen MR) is 95.0 cm³/mol. The fourth-order valence-corrected chi connectivity index (χ4v) is 3.04. The van der Waals surface area contributed by atoms with Crippen molar-refractivity contribution in [3.8, 4) is 5.75 Å². The van der Waals surface area contributed by atoms with Gasteiger partial charge in [0.2, 0.25) is 5.91 Å². The fourth-order valence-electron chi connectivity index (χ4n) is 3.04. The number of piperazine rings is 1. The number of nitrogens with two attached hydrogens (primary N) is 1. The molecular formula is C19H23N3O2. The molecule has 3 N–H and O–H groups in total. The van der Waals surface area contributed by atoms with Gasteiger partial charge in [0.05, 0.1) is 6.04 Å². The largest absolute Gasteiger partial charge is 0.508 e. The molecule has 0 radical (unpaired) electrons. The highest BCUT2D eigenvalue weighted by Crippen LogP contribution is 2.20. The standard InChI is InChI=1S/C19H23N3O2/c20-18(14-15-4-2-1-3-5-15)19(24)22-12-10-21(11-13-22)16-6-8-17(23)9-7-16/h1-9,18,23H,10-14,20H2/t18-/m0/s1. The Bertz CT molecular complexity index is 665. The maximum absolute atomic E-state index is 12.5. The molecule has 24 heavy (non-hydrogen) atoms. The minimum absolute atomic E-state index is 0.0178. The molecule has 1 amide bonds. The number of phenols is 1. The molecule has 2 aromatic rings. The smallest absolute Gasteiger partial charge is 0.239 e. The van der Waals surface area contributed by atoms with E-state index in [0.717, 1.165) is 24.3 Å². The monoisotopic (exact) mass is 325 g/mol. The van der Waals surface area contributed by atoms with E-state index >= 15 is 0 Å². The Morgan fingerprint density at radius 3 is 2.25 bits per heavy atom. The highest BCUT2D eigenvalue weighted by Gasteiger charge is 2.25. The lowest BCUT2D eigenvalue weighted by Crippen LogP contribution is -2.53. The zero-order valence-corrected chi connectivity index (χ0v) is 13.6. The molecule has 5 heteroatoms. The first-order valence-electron chi connectivity index (χ1n) is 8.26. The Balaban J connectivity index is 1.54. The lowest BCUT2D eigenvalue weighted by molar-refractivity contribution is -0.132. The first-order valence-corrected chi connectivity index (χ1v) is 8.26. The number of rotatable bonds is 4. The molecule has 1 fully saturated rings. The molecule has 0 aromatic heterocycles. The van der Waals surface area contributed by atoms with Crippen LogP contribution in [0.2, 0.25) is 0 Å². The van der Waals surface area contributed by atoms with Crippen molar-refractivity contribution in [3.63, 3.8) is 0 Å². The minimum Gasteiger partial charge on any atom is -0.508 e. The van der Waals surface area contributed by atoms with Gasteiger partial charge < -0.3 is 20.6 Å². The van der Waals surface area contributed by atoms with E-state index in [2.05, 4.69) is 4.90 Å². The van der Waals surface area contributed by atoms with Crippen molar-refractivity contribution in [1.29, 1.82) is 0 Å².